The van der Waals surface area contributed by atoms with Crippen LogP contribution in [0.25, 0.3) is 0 Å². The van der Waals surface area contributed by atoms with E-state index in [4.69, 9.17) is 4.74 Å². The largest absolute Gasteiger partial charge is 0.369 e. The van der Waals surface area contributed by atoms with E-state index in [1.54, 1.807) is 4.90 Å². The Labute approximate surface area is 201 Å². The summed E-state index contributed by atoms with van der Waals surface area (Å²) in [6.45, 7) is 10.5. The highest BCUT2D eigenvalue weighted by atomic mass is 16.5. The van der Waals surface area contributed by atoms with Gasteiger partial charge < -0.3 is 19.9 Å². The lowest BCUT2D eigenvalue weighted by Crippen LogP contribution is -2.57. The van der Waals surface area contributed by atoms with Gasteiger partial charge in [-0.1, -0.05) is 20.8 Å². The van der Waals surface area contributed by atoms with Crippen molar-refractivity contribution in [1.29, 1.82) is 0 Å². The maximum atomic E-state index is 13.5. The van der Waals surface area contributed by atoms with Gasteiger partial charge in [-0.05, 0) is 48.9 Å². The van der Waals surface area contributed by atoms with Gasteiger partial charge in [0.1, 0.15) is 18.7 Å². The first-order chi connectivity index (χ1) is 16.2. The minimum atomic E-state index is -0.734. The second-order valence-corrected chi connectivity index (χ2v) is 11.2. The van der Waals surface area contributed by atoms with Crippen LogP contribution in [-0.4, -0.2) is 91.0 Å². The maximum absolute atomic E-state index is 13.5. The summed E-state index contributed by atoms with van der Waals surface area (Å²) in [4.78, 5) is 45.5. The summed E-state index contributed by atoms with van der Waals surface area (Å²) in [5.74, 6) is -0.538. The number of ether oxygens (including phenoxy) is 1. The molecule has 1 saturated carbocycles. The summed E-state index contributed by atoms with van der Waals surface area (Å²) in [5, 5.41) is 2.97. The van der Waals surface area contributed by atoms with E-state index >= 15 is 0 Å². The van der Waals surface area contributed by atoms with Gasteiger partial charge in [0.25, 0.3) is 5.91 Å². The van der Waals surface area contributed by atoms with Crippen LogP contribution in [0.4, 0.5) is 5.69 Å². The predicted molar refractivity (Wildman–Crippen MR) is 129 cm³/mol. The molecule has 3 saturated heterocycles. The molecule has 1 aromatic carbocycles. The average Bonchev–Trinajstić information content (AvgIpc) is 3.48. The van der Waals surface area contributed by atoms with Crippen molar-refractivity contribution in [2.24, 2.45) is 5.41 Å². The van der Waals surface area contributed by atoms with Gasteiger partial charge in [-0.2, -0.15) is 0 Å². The molecule has 34 heavy (non-hydrogen) atoms. The third kappa shape index (κ3) is 4.58. The number of amides is 2. The fraction of sp³-hybridized carbons (Fsp3) is 0.654. The minimum Gasteiger partial charge on any atom is -0.369 e. The molecule has 1 N–H and O–H groups in total. The molecule has 0 bridgehead atoms. The molecular weight excluding hydrogens is 432 g/mol. The van der Waals surface area contributed by atoms with Gasteiger partial charge in [0.05, 0.1) is 6.10 Å². The van der Waals surface area contributed by atoms with Gasteiger partial charge in [-0.15, -0.1) is 0 Å². The first-order valence-electron chi connectivity index (χ1n) is 12.6. The number of hydrogen-bond acceptors (Lipinski definition) is 6. The molecule has 3 atom stereocenters. The summed E-state index contributed by atoms with van der Waals surface area (Å²) < 4.78 is 5.53. The normalized spacial score (nSPS) is 26.5. The van der Waals surface area contributed by atoms with Crippen LogP contribution >= 0.6 is 0 Å². The molecule has 8 nitrogen and oxygen atoms in total. The number of hydrogen-bond donors (Lipinski definition) is 1. The number of rotatable bonds is 5. The van der Waals surface area contributed by atoms with Gasteiger partial charge in [-0.3, -0.25) is 19.3 Å². The van der Waals surface area contributed by atoms with Crippen LogP contribution in [0.2, 0.25) is 0 Å². The number of carbonyl (C=O) groups excluding carboxylic acids is 3. The van der Waals surface area contributed by atoms with Crippen molar-refractivity contribution in [2.75, 3.05) is 44.2 Å². The van der Waals surface area contributed by atoms with Crippen LogP contribution in [0.1, 0.15) is 50.4 Å². The lowest BCUT2D eigenvalue weighted by atomic mass is 9.85. The second-order valence-electron chi connectivity index (χ2n) is 11.2. The average molecular weight is 469 g/mol. The van der Waals surface area contributed by atoms with Crippen LogP contribution in [0.15, 0.2) is 24.3 Å². The molecule has 1 aliphatic carbocycles. The number of anilines is 1. The summed E-state index contributed by atoms with van der Waals surface area (Å²) in [5.41, 5.74) is 1.15. The highest BCUT2D eigenvalue weighted by molar-refractivity contribution is 5.99. The van der Waals surface area contributed by atoms with E-state index in [2.05, 4.69) is 15.1 Å². The van der Waals surface area contributed by atoms with E-state index in [-0.39, 0.29) is 30.3 Å². The molecule has 5 rings (SSSR count). The van der Waals surface area contributed by atoms with Crippen LogP contribution in [-0.2, 0) is 14.3 Å². The summed E-state index contributed by atoms with van der Waals surface area (Å²) in [7, 11) is 0. The van der Waals surface area contributed by atoms with Crippen LogP contribution in [0, 0.1) is 5.41 Å². The summed E-state index contributed by atoms with van der Waals surface area (Å²) >= 11 is 0. The molecule has 8 heteroatoms. The van der Waals surface area contributed by atoms with E-state index in [0.717, 1.165) is 37.9 Å². The van der Waals surface area contributed by atoms with E-state index in [1.165, 1.54) is 12.8 Å². The number of piperazine rings is 1. The van der Waals surface area contributed by atoms with Gasteiger partial charge in [0.2, 0.25) is 5.91 Å². The SMILES string of the molecule is CC(C)(C)[C@H](NC(=O)c1ccc(N2CCN(C3CC3)CC2)cc1)C(=O)N1CC[C@@H]2OCC(=O)[C@H]21. The van der Waals surface area contributed by atoms with E-state index in [0.29, 0.717) is 18.5 Å². The second kappa shape index (κ2) is 8.96. The van der Waals surface area contributed by atoms with Gasteiger partial charge in [0.15, 0.2) is 5.78 Å². The van der Waals surface area contributed by atoms with Crippen molar-refractivity contribution in [3.63, 3.8) is 0 Å². The molecule has 0 spiro atoms. The zero-order chi connectivity index (χ0) is 24.0. The van der Waals surface area contributed by atoms with E-state index in [1.807, 2.05) is 45.0 Å². The first-order valence-corrected chi connectivity index (χ1v) is 12.6. The summed E-state index contributed by atoms with van der Waals surface area (Å²) in [6, 6.07) is 7.21. The molecule has 4 aliphatic rings. The quantitative estimate of drug-likeness (QED) is 0.708. The fourth-order valence-corrected chi connectivity index (χ4v) is 5.48. The number of ketones is 1. The van der Waals surface area contributed by atoms with Crippen molar-refractivity contribution < 1.29 is 19.1 Å². The zero-order valence-corrected chi connectivity index (χ0v) is 20.5. The smallest absolute Gasteiger partial charge is 0.251 e. The molecule has 2 amide bonds. The number of fused-ring (bicyclic) bond motifs is 1. The Morgan fingerprint density at radius 1 is 1.00 bits per heavy atom. The number of carbonyl (C=O) groups is 3. The molecule has 4 fully saturated rings. The number of nitrogens with one attached hydrogen (secondary N) is 1. The van der Waals surface area contributed by atoms with Gasteiger partial charge in [-0.25, -0.2) is 0 Å². The maximum Gasteiger partial charge on any atom is 0.251 e. The molecule has 0 aromatic heterocycles. The number of nitrogens with zero attached hydrogens (tertiary/aromatic N) is 3. The Morgan fingerprint density at radius 3 is 2.29 bits per heavy atom. The van der Waals surface area contributed by atoms with Crippen LogP contribution in [0.5, 0.6) is 0 Å². The minimum absolute atomic E-state index is 0.0524. The fourth-order valence-electron chi connectivity index (χ4n) is 5.48. The Balaban J connectivity index is 1.24. The highest BCUT2D eigenvalue weighted by Crippen LogP contribution is 2.31. The lowest BCUT2D eigenvalue weighted by molar-refractivity contribution is -0.140. The number of benzene rings is 1. The molecule has 1 aromatic rings. The monoisotopic (exact) mass is 468 g/mol. The third-order valence-electron chi connectivity index (χ3n) is 7.66. The molecule has 3 aliphatic heterocycles. The van der Waals surface area contributed by atoms with Crippen molar-refractivity contribution >= 4 is 23.3 Å². The highest BCUT2D eigenvalue weighted by Gasteiger charge is 2.49. The Hall–Kier alpha value is -2.45. The number of likely N-dealkylation sites (tertiary alicyclic amines) is 1. The van der Waals surface area contributed by atoms with Crippen LogP contribution < -0.4 is 10.2 Å². The molecule has 3 heterocycles. The van der Waals surface area contributed by atoms with Crippen molar-refractivity contribution in [2.45, 2.75) is 64.3 Å². The number of Topliss-reactive ketones (excluding diaryl/α,β-unsaturated/α-hetero) is 1. The molecule has 184 valence electrons. The van der Waals surface area contributed by atoms with Gasteiger partial charge in [0, 0.05) is 50.0 Å². The van der Waals surface area contributed by atoms with E-state index < -0.39 is 17.5 Å². The summed E-state index contributed by atoms with van der Waals surface area (Å²) in [6.07, 6.45) is 3.12. The van der Waals surface area contributed by atoms with E-state index in [9.17, 15) is 14.4 Å². The molecule has 0 unspecified atom stereocenters. The third-order valence-corrected chi connectivity index (χ3v) is 7.66. The standard InChI is InChI=1S/C26H36N4O4/c1-26(2,3)23(25(33)30-11-10-21-22(30)20(31)16-34-21)27-24(32)17-4-6-18(7-5-17)28-12-14-29(15-13-28)19-8-9-19/h4-7,19,21-23H,8-16H2,1-3H3,(H,27,32)/t21-,22+,23+/m0/s1. The van der Waals surface area contributed by atoms with Crippen molar-refractivity contribution in [3.05, 3.63) is 29.8 Å². The Morgan fingerprint density at radius 2 is 1.68 bits per heavy atom. The lowest BCUT2D eigenvalue weighted by Gasteiger charge is -2.36. The zero-order valence-electron chi connectivity index (χ0n) is 20.5. The van der Waals surface area contributed by atoms with Crippen molar-refractivity contribution in [1.82, 2.24) is 15.1 Å². The first kappa shape index (κ1) is 23.3. The molecular formula is C26H36N4O4. The Bertz CT molecular complexity index is 945. The molecule has 0 radical (unpaired) electrons. The topological polar surface area (TPSA) is 82.2 Å². The van der Waals surface area contributed by atoms with Crippen molar-refractivity contribution in [3.8, 4) is 0 Å². The predicted octanol–water partition coefficient (Wildman–Crippen LogP) is 1.68. The van der Waals surface area contributed by atoms with Crippen LogP contribution in [0.3, 0.4) is 0 Å². The Kier molecular flexibility index (Phi) is 6.14. The van der Waals surface area contributed by atoms with Gasteiger partial charge >= 0.3 is 0 Å².